The minimum Gasteiger partial charge on any atom is -0.378 e. The average molecular weight is 390 g/mol. The van der Waals surface area contributed by atoms with Crippen LogP contribution >= 0.6 is 34.5 Å². The van der Waals surface area contributed by atoms with Gasteiger partial charge in [-0.2, -0.15) is 9.61 Å². The number of aromatic nitrogens is 4. The molecule has 0 fully saturated rings. The van der Waals surface area contributed by atoms with Gasteiger partial charge in [-0.1, -0.05) is 34.5 Å². The molecule has 126 valence electrons. The van der Waals surface area contributed by atoms with Gasteiger partial charge in [0.1, 0.15) is 5.01 Å². The van der Waals surface area contributed by atoms with Gasteiger partial charge in [-0.15, -0.1) is 10.2 Å². The Bertz CT molecular complexity index is 1050. The number of hydrogen-bond acceptors (Lipinski definition) is 5. The number of benzene rings is 2. The average Bonchev–Trinajstić information content (AvgIpc) is 3.15. The molecule has 4 rings (SSSR count). The van der Waals surface area contributed by atoms with E-state index in [1.807, 2.05) is 49.3 Å². The van der Waals surface area contributed by atoms with Crippen LogP contribution in [-0.4, -0.2) is 33.9 Å². The van der Waals surface area contributed by atoms with Crippen molar-refractivity contribution in [3.8, 4) is 22.0 Å². The van der Waals surface area contributed by atoms with Crippen LogP contribution in [0.15, 0.2) is 42.5 Å². The summed E-state index contributed by atoms with van der Waals surface area (Å²) in [5.41, 5.74) is 2.91. The molecule has 0 amide bonds. The zero-order chi connectivity index (χ0) is 17.6. The first-order valence-corrected chi connectivity index (χ1v) is 9.05. The smallest absolute Gasteiger partial charge is 0.235 e. The van der Waals surface area contributed by atoms with Gasteiger partial charge in [0, 0.05) is 35.9 Å². The summed E-state index contributed by atoms with van der Waals surface area (Å²) in [7, 11) is 4.01. The molecule has 0 aliphatic heterocycles. The van der Waals surface area contributed by atoms with E-state index in [1.54, 1.807) is 16.6 Å². The van der Waals surface area contributed by atoms with Crippen molar-refractivity contribution in [3.63, 3.8) is 0 Å². The largest absolute Gasteiger partial charge is 0.378 e. The predicted octanol–water partition coefficient (Wildman–Crippen LogP) is 4.89. The minimum absolute atomic E-state index is 0.564. The Kier molecular flexibility index (Phi) is 4.11. The predicted molar refractivity (Wildman–Crippen MR) is 104 cm³/mol. The lowest BCUT2D eigenvalue weighted by Gasteiger charge is -2.12. The van der Waals surface area contributed by atoms with Gasteiger partial charge in [0.15, 0.2) is 5.82 Å². The Morgan fingerprint density at radius 1 is 1.00 bits per heavy atom. The van der Waals surface area contributed by atoms with E-state index >= 15 is 0 Å². The third kappa shape index (κ3) is 2.97. The van der Waals surface area contributed by atoms with E-state index in [4.69, 9.17) is 23.2 Å². The van der Waals surface area contributed by atoms with Crippen LogP contribution in [0, 0.1) is 0 Å². The van der Waals surface area contributed by atoms with Gasteiger partial charge >= 0.3 is 0 Å². The highest BCUT2D eigenvalue weighted by atomic mass is 35.5. The van der Waals surface area contributed by atoms with Crippen molar-refractivity contribution < 1.29 is 0 Å². The molecule has 8 heteroatoms. The molecule has 25 heavy (non-hydrogen) atoms. The molecule has 0 saturated carbocycles. The normalized spacial score (nSPS) is 11.2. The summed E-state index contributed by atoms with van der Waals surface area (Å²) < 4.78 is 1.75. The third-order valence-electron chi connectivity index (χ3n) is 3.79. The molecular formula is C17H13Cl2N5S. The van der Waals surface area contributed by atoms with E-state index in [2.05, 4.69) is 15.3 Å². The van der Waals surface area contributed by atoms with Gasteiger partial charge in [0.2, 0.25) is 4.96 Å². The molecule has 0 aliphatic carbocycles. The van der Waals surface area contributed by atoms with Crippen molar-refractivity contribution in [3.05, 3.63) is 52.5 Å². The van der Waals surface area contributed by atoms with E-state index in [-0.39, 0.29) is 0 Å². The molecule has 0 spiro atoms. The Labute approximate surface area is 158 Å². The lowest BCUT2D eigenvalue weighted by atomic mass is 10.2. The standard InChI is InChI=1S/C17H13Cl2N5S/c1-23(2)12-6-3-10(4-7-12)15-20-21-17-24(15)22-16(25-17)13-8-5-11(18)9-14(13)19/h3-9H,1-2H3. The first kappa shape index (κ1) is 16.3. The Hall–Kier alpha value is -2.15. The van der Waals surface area contributed by atoms with Gasteiger partial charge < -0.3 is 4.90 Å². The van der Waals surface area contributed by atoms with Crippen LogP contribution in [0.5, 0.6) is 0 Å². The Morgan fingerprint density at radius 3 is 2.44 bits per heavy atom. The first-order chi connectivity index (χ1) is 12.0. The molecule has 4 aromatic rings. The molecule has 2 heterocycles. The number of rotatable bonds is 3. The van der Waals surface area contributed by atoms with Crippen LogP contribution in [0.2, 0.25) is 10.0 Å². The third-order valence-corrected chi connectivity index (χ3v) is 5.27. The fourth-order valence-corrected chi connectivity index (χ4v) is 3.91. The second-order valence-corrected chi connectivity index (χ2v) is 7.49. The molecule has 2 aromatic carbocycles. The molecule has 0 aliphatic rings. The molecule has 0 radical (unpaired) electrons. The highest BCUT2D eigenvalue weighted by molar-refractivity contribution is 7.19. The molecule has 2 aromatic heterocycles. The zero-order valence-electron chi connectivity index (χ0n) is 13.4. The summed E-state index contributed by atoms with van der Waals surface area (Å²) in [6, 6.07) is 13.5. The molecule has 5 nitrogen and oxygen atoms in total. The second-order valence-electron chi connectivity index (χ2n) is 5.69. The lowest BCUT2D eigenvalue weighted by Crippen LogP contribution is -2.08. The maximum Gasteiger partial charge on any atom is 0.235 e. The van der Waals surface area contributed by atoms with E-state index in [9.17, 15) is 0 Å². The molecule has 0 atom stereocenters. The van der Waals surface area contributed by atoms with Crippen LogP contribution in [0.1, 0.15) is 0 Å². The quantitative estimate of drug-likeness (QED) is 0.500. The summed E-state index contributed by atoms with van der Waals surface area (Å²) in [5.74, 6) is 0.702. The summed E-state index contributed by atoms with van der Waals surface area (Å²) in [5, 5.41) is 15.1. The fraction of sp³-hybridized carbons (Fsp3) is 0.118. The fourth-order valence-electron chi connectivity index (χ4n) is 2.48. The molecule has 0 saturated heterocycles. The topological polar surface area (TPSA) is 46.3 Å². The number of halogens is 2. The highest BCUT2D eigenvalue weighted by Gasteiger charge is 2.16. The number of nitrogens with zero attached hydrogens (tertiary/aromatic N) is 5. The Balaban J connectivity index is 1.78. The van der Waals surface area contributed by atoms with Crippen molar-refractivity contribution in [2.45, 2.75) is 0 Å². The van der Waals surface area contributed by atoms with Crippen molar-refractivity contribution in [1.29, 1.82) is 0 Å². The maximum atomic E-state index is 6.29. The molecular weight excluding hydrogens is 377 g/mol. The van der Waals surface area contributed by atoms with Gasteiger partial charge in [-0.05, 0) is 42.5 Å². The van der Waals surface area contributed by atoms with Crippen molar-refractivity contribution in [2.24, 2.45) is 0 Å². The van der Waals surface area contributed by atoms with Crippen LogP contribution in [-0.2, 0) is 0 Å². The first-order valence-electron chi connectivity index (χ1n) is 7.48. The lowest BCUT2D eigenvalue weighted by molar-refractivity contribution is 0.970. The highest BCUT2D eigenvalue weighted by Crippen LogP contribution is 2.34. The Morgan fingerprint density at radius 2 is 1.76 bits per heavy atom. The number of hydrogen-bond donors (Lipinski definition) is 0. The summed E-state index contributed by atoms with van der Waals surface area (Å²) in [4.78, 5) is 2.76. The van der Waals surface area contributed by atoms with Crippen LogP contribution in [0.3, 0.4) is 0 Å². The van der Waals surface area contributed by atoms with Gasteiger partial charge in [0.05, 0.1) is 5.02 Å². The van der Waals surface area contributed by atoms with Crippen LogP contribution < -0.4 is 4.90 Å². The SMILES string of the molecule is CN(C)c1ccc(-c2nnc3sc(-c4ccc(Cl)cc4Cl)nn23)cc1. The van der Waals surface area contributed by atoms with Crippen molar-refractivity contribution >= 4 is 45.2 Å². The van der Waals surface area contributed by atoms with Gasteiger partial charge in [0.25, 0.3) is 0 Å². The van der Waals surface area contributed by atoms with Crippen LogP contribution in [0.25, 0.3) is 26.9 Å². The molecule has 0 unspecified atom stereocenters. The van der Waals surface area contributed by atoms with Crippen molar-refractivity contribution in [2.75, 3.05) is 19.0 Å². The van der Waals surface area contributed by atoms with Gasteiger partial charge in [-0.3, -0.25) is 0 Å². The van der Waals surface area contributed by atoms with E-state index < -0.39 is 0 Å². The van der Waals surface area contributed by atoms with Crippen molar-refractivity contribution in [1.82, 2.24) is 19.8 Å². The number of fused-ring (bicyclic) bond motifs is 1. The summed E-state index contributed by atoms with van der Waals surface area (Å²) >= 11 is 13.7. The summed E-state index contributed by atoms with van der Waals surface area (Å²) in [6.07, 6.45) is 0. The van der Waals surface area contributed by atoms with Gasteiger partial charge in [-0.25, -0.2) is 0 Å². The van der Waals surface area contributed by atoms with E-state index in [1.165, 1.54) is 11.3 Å². The second kappa shape index (κ2) is 6.29. The monoisotopic (exact) mass is 389 g/mol. The molecule has 0 bridgehead atoms. The zero-order valence-corrected chi connectivity index (χ0v) is 15.8. The summed E-state index contributed by atoms with van der Waals surface area (Å²) in [6.45, 7) is 0. The van der Waals surface area contributed by atoms with Crippen LogP contribution in [0.4, 0.5) is 5.69 Å². The maximum absolute atomic E-state index is 6.29. The van der Waals surface area contributed by atoms with E-state index in [0.29, 0.717) is 20.8 Å². The number of anilines is 1. The minimum atomic E-state index is 0.564. The molecule has 0 N–H and O–H groups in total. The van der Waals surface area contributed by atoms with E-state index in [0.717, 1.165) is 21.8 Å².